The summed E-state index contributed by atoms with van der Waals surface area (Å²) in [6, 6.07) is -1.04. The number of likely N-dealkylation sites (tertiary alicyclic amines) is 1. The number of carboxylic acid groups (broad SMARTS) is 2. The van der Waals surface area contributed by atoms with E-state index >= 15 is 0 Å². The van der Waals surface area contributed by atoms with Gasteiger partial charge in [-0.05, 0) is 19.3 Å². The Balaban J connectivity index is 2.87. The van der Waals surface area contributed by atoms with Crippen LogP contribution in [0.25, 0.3) is 0 Å². The number of hydrogen-bond acceptors (Lipinski definition) is 4. The lowest BCUT2D eigenvalue weighted by molar-refractivity contribution is -0.160. The third-order valence-electron chi connectivity index (χ3n) is 3.19. The van der Waals surface area contributed by atoms with E-state index in [1.165, 1.54) is 6.08 Å². The smallest absolute Gasteiger partial charge is 0.326 e. The fourth-order valence-corrected chi connectivity index (χ4v) is 2.23. The molecule has 0 saturated carbocycles. The third-order valence-corrected chi connectivity index (χ3v) is 3.19. The molecule has 1 rings (SSSR count). The van der Waals surface area contributed by atoms with Crippen LogP contribution in [0, 0.1) is 0 Å². The highest BCUT2D eigenvalue weighted by atomic mass is 16.4. The molecule has 2 N–H and O–H groups in total. The molecule has 1 aliphatic rings. The van der Waals surface area contributed by atoms with Gasteiger partial charge in [0.15, 0.2) is 0 Å². The highest BCUT2D eigenvalue weighted by Crippen LogP contribution is 2.18. The van der Waals surface area contributed by atoms with E-state index < -0.39 is 36.3 Å². The van der Waals surface area contributed by atoms with Crippen LogP contribution < -0.4 is 0 Å². The second-order valence-corrected chi connectivity index (χ2v) is 4.72. The van der Waals surface area contributed by atoms with Crippen LogP contribution in [-0.2, 0) is 19.2 Å². The summed E-state index contributed by atoms with van der Waals surface area (Å²) in [5.74, 6) is -4.42. The van der Waals surface area contributed by atoms with Gasteiger partial charge in [0.25, 0.3) is 0 Å². The first-order valence-corrected chi connectivity index (χ1v) is 6.53. The predicted octanol–water partition coefficient (Wildman–Crippen LogP) is -0.449. The molecule has 0 aliphatic carbocycles. The molecule has 0 unspecified atom stereocenters. The van der Waals surface area contributed by atoms with Crippen LogP contribution in [0.1, 0.15) is 19.3 Å². The van der Waals surface area contributed by atoms with Gasteiger partial charge >= 0.3 is 23.8 Å². The van der Waals surface area contributed by atoms with E-state index in [2.05, 4.69) is 6.58 Å². The maximum absolute atomic E-state index is 12.2. The van der Waals surface area contributed by atoms with Crippen molar-refractivity contribution < 1.29 is 29.4 Å². The van der Waals surface area contributed by atoms with E-state index in [-0.39, 0.29) is 19.5 Å². The summed E-state index contributed by atoms with van der Waals surface area (Å²) in [5.41, 5.74) is 0. The van der Waals surface area contributed by atoms with Gasteiger partial charge in [-0.2, -0.15) is 0 Å². The average molecular weight is 298 g/mol. The van der Waals surface area contributed by atoms with Gasteiger partial charge in [-0.1, -0.05) is 6.08 Å². The molecular weight excluding hydrogens is 280 g/mol. The van der Waals surface area contributed by atoms with E-state index in [1.807, 2.05) is 0 Å². The van der Waals surface area contributed by atoms with Gasteiger partial charge in [0.2, 0.25) is 0 Å². The van der Waals surface area contributed by atoms with Crippen molar-refractivity contribution in [3.63, 3.8) is 0 Å². The Bertz CT molecular complexity index is 462. The number of hydrogen-bond donors (Lipinski definition) is 2. The molecule has 0 bridgehead atoms. The van der Waals surface area contributed by atoms with E-state index in [0.717, 1.165) is 9.80 Å². The number of carbonyl (C=O) groups excluding carboxylic acids is 2. The lowest BCUT2D eigenvalue weighted by Crippen LogP contribution is -2.54. The predicted molar refractivity (Wildman–Crippen MR) is 71.4 cm³/mol. The van der Waals surface area contributed by atoms with Gasteiger partial charge in [0.05, 0.1) is 0 Å². The average Bonchev–Trinajstić information content (AvgIpc) is 2.44. The van der Waals surface area contributed by atoms with Crippen molar-refractivity contribution in [2.75, 3.05) is 19.6 Å². The number of carboxylic acids is 2. The van der Waals surface area contributed by atoms with Crippen molar-refractivity contribution in [1.82, 2.24) is 9.80 Å². The van der Waals surface area contributed by atoms with Crippen molar-refractivity contribution in [3.05, 3.63) is 12.7 Å². The number of carbonyl (C=O) groups is 4. The quantitative estimate of drug-likeness (QED) is 0.525. The van der Waals surface area contributed by atoms with Crippen LogP contribution in [0.4, 0.5) is 0 Å². The Labute approximate surface area is 121 Å². The Morgan fingerprint density at radius 1 is 1.24 bits per heavy atom. The van der Waals surface area contributed by atoms with Gasteiger partial charge in [-0.15, -0.1) is 6.58 Å². The first-order valence-electron chi connectivity index (χ1n) is 6.53. The van der Waals surface area contributed by atoms with Crippen molar-refractivity contribution in [2.24, 2.45) is 0 Å². The van der Waals surface area contributed by atoms with Gasteiger partial charge in [0, 0.05) is 13.1 Å². The molecule has 0 radical (unpaired) electrons. The second kappa shape index (κ2) is 7.41. The third kappa shape index (κ3) is 4.30. The molecule has 0 aromatic heterocycles. The highest BCUT2D eigenvalue weighted by Gasteiger charge is 2.36. The van der Waals surface area contributed by atoms with Crippen molar-refractivity contribution in [3.8, 4) is 0 Å². The zero-order chi connectivity index (χ0) is 16.0. The van der Waals surface area contributed by atoms with E-state index in [0.29, 0.717) is 12.8 Å². The molecular formula is C13H18N2O6. The fourth-order valence-electron chi connectivity index (χ4n) is 2.23. The zero-order valence-corrected chi connectivity index (χ0v) is 11.5. The minimum absolute atomic E-state index is 0.0948. The first kappa shape index (κ1) is 16.7. The van der Waals surface area contributed by atoms with Crippen molar-refractivity contribution in [1.29, 1.82) is 0 Å². The maximum atomic E-state index is 12.2. The summed E-state index contributed by atoms with van der Waals surface area (Å²) in [6.45, 7) is 2.84. The highest BCUT2D eigenvalue weighted by molar-refractivity contribution is 6.35. The molecule has 2 amide bonds. The monoisotopic (exact) mass is 298 g/mol. The van der Waals surface area contributed by atoms with Gasteiger partial charge in [0.1, 0.15) is 12.6 Å². The van der Waals surface area contributed by atoms with Crippen molar-refractivity contribution in [2.45, 2.75) is 25.3 Å². The van der Waals surface area contributed by atoms with E-state index in [9.17, 15) is 19.2 Å². The maximum Gasteiger partial charge on any atom is 0.326 e. The number of piperidine rings is 1. The molecule has 1 fully saturated rings. The van der Waals surface area contributed by atoms with Crippen molar-refractivity contribution >= 4 is 23.8 Å². The molecule has 21 heavy (non-hydrogen) atoms. The van der Waals surface area contributed by atoms with E-state index in [4.69, 9.17) is 10.2 Å². The Kier molecular flexibility index (Phi) is 5.89. The number of amides is 2. The molecule has 1 heterocycles. The lowest BCUT2D eigenvalue weighted by Gasteiger charge is -2.33. The zero-order valence-electron chi connectivity index (χ0n) is 11.5. The van der Waals surface area contributed by atoms with Crippen LogP contribution in [0.3, 0.4) is 0 Å². The van der Waals surface area contributed by atoms with Crippen LogP contribution in [-0.4, -0.2) is 69.4 Å². The summed E-state index contributed by atoms with van der Waals surface area (Å²) in [4.78, 5) is 47.9. The summed E-state index contributed by atoms with van der Waals surface area (Å²) < 4.78 is 0. The van der Waals surface area contributed by atoms with Gasteiger partial charge in [-0.25, -0.2) is 4.79 Å². The van der Waals surface area contributed by atoms with Crippen LogP contribution >= 0.6 is 0 Å². The SMILES string of the molecule is C=CCN(CC(=O)O)C(=O)C(=O)N1CCCC[C@H]1C(=O)O. The molecule has 0 aromatic rings. The molecule has 116 valence electrons. The number of nitrogens with zero attached hydrogens (tertiary/aromatic N) is 2. The molecule has 8 heteroatoms. The Hall–Kier alpha value is -2.38. The lowest BCUT2D eigenvalue weighted by atomic mass is 10.0. The molecule has 1 saturated heterocycles. The standard InChI is InChI=1S/C13H18N2O6/c1-2-6-14(8-10(16)17)11(18)12(19)15-7-4-3-5-9(15)13(20)21/h2,9H,1,3-8H2,(H,16,17)(H,20,21)/t9-/m0/s1. The summed E-state index contributed by atoms with van der Waals surface area (Å²) in [6.07, 6.45) is 2.87. The number of aliphatic carboxylic acids is 2. The van der Waals surface area contributed by atoms with Crippen LogP contribution in [0.5, 0.6) is 0 Å². The first-order chi connectivity index (χ1) is 9.88. The molecule has 0 spiro atoms. The normalized spacial score (nSPS) is 17.9. The molecule has 1 aliphatic heterocycles. The molecule has 8 nitrogen and oxygen atoms in total. The Morgan fingerprint density at radius 3 is 2.43 bits per heavy atom. The minimum atomic E-state index is -1.26. The van der Waals surface area contributed by atoms with E-state index in [1.54, 1.807) is 0 Å². The van der Waals surface area contributed by atoms with Crippen LogP contribution in [0.15, 0.2) is 12.7 Å². The summed E-state index contributed by atoms with van der Waals surface area (Å²) in [7, 11) is 0. The number of rotatable bonds is 5. The Morgan fingerprint density at radius 2 is 1.90 bits per heavy atom. The largest absolute Gasteiger partial charge is 0.480 e. The topological polar surface area (TPSA) is 115 Å². The fraction of sp³-hybridized carbons (Fsp3) is 0.538. The summed E-state index contributed by atoms with van der Waals surface area (Å²) >= 11 is 0. The second-order valence-electron chi connectivity index (χ2n) is 4.72. The minimum Gasteiger partial charge on any atom is -0.480 e. The summed E-state index contributed by atoms with van der Waals surface area (Å²) in [5, 5.41) is 17.8. The molecule has 0 aromatic carbocycles. The van der Waals surface area contributed by atoms with Gasteiger partial charge < -0.3 is 20.0 Å². The molecule has 1 atom stereocenters. The van der Waals surface area contributed by atoms with Gasteiger partial charge in [-0.3, -0.25) is 14.4 Å². The van der Waals surface area contributed by atoms with Crippen LogP contribution in [0.2, 0.25) is 0 Å².